The maximum atomic E-state index is 13.4. The lowest BCUT2D eigenvalue weighted by Crippen LogP contribution is -2.22. The molecule has 2 aromatic heterocycles. The van der Waals surface area contributed by atoms with E-state index in [1.165, 1.54) is 16.8 Å². The van der Waals surface area contributed by atoms with Crippen molar-refractivity contribution >= 4 is 16.7 Å². The zero-order valence-corrected chi connectivity index (χ0v) is 11.4. The van der Waals surface area contributed by atoms with Gasteiger partial charge in [-0.3, -0.25) is 19.5 Å². The highest BCUT2D eigenvalue weighted by Crippen LogP contribution is 2.21. The average molecular weight is 300 g/mol. The van der Waals surface area contributed by atoms with Gasteiger partial charge in [0.2, 0.25) is 5.82 Å². The van der Waals surface area contributed by atoms with Crippen LogP contribution in [-0.2, 0) is 0 Å². The first-order valence-electron chi connectivity index (χ1n) is 6.28. The van der Waals surface area contributed by atoms with Crippen molar-refractivity contribution in [2.45, 2.75) is 6.92 Å². The maximum Gasteiger partial charge on any atom is 0.306 e. The fraction of sp³-hybridized carbons (Fsp3) is 0.0714. The number of fused-ring (bicyclic) bond motifs is 1. The van der Waals surface area contributed by atoms with Crippen molar-refractivity contribution in [3.8, 4) is 5.69 Å². The summed E-state index contributed by atoms with van der Waals surface area (Å²) in [5.74, 6) is -0.660. The Bertz CT molecular complexity index is 968. The lowest BCUT2D eigenvalue weighted by atomic mass is 10.2. The largest absolute Gasteiger partial charge is 0.306 e. The van der Waals surface area contributed by atoms with E-state index in [4.69, 9.17) is 0 Å². The van der Waals surface area contributed by atoms with Crippen LogP contribution in [0.5, 0.6) is 0 Å². The van der Waals surface area contributed by atoms with E-state index in [1.54, 1.807) is 19.1 Å². The lowest BCUT2D eigenvalue weighted by Gasteiger charge is -2.10. The average Bonchev–Trinajstić information content (AvgIpc) is 2.48. The summed E-state index contributed by atoms with van der Waals surface area (Å²) in [4.78, 5) is 30.7. The third kappa shape index (κ3) is 2.10. The molecular weight excluding hydrogens is 291 g/mol. The van der Waals surface area contributed by atoms with E-state index in [1.807, 2.05) is 0 Å². The summed E-state index contributed by atoms with van der Waals surface area (Å²) in [6, 6.07) is 6.41. The van der Waals surface area contributed by atoms with E-state index in [9.17, 15) is 19.3 Å². The van der Waals surface area contributed by atoms with Crippen molar-refractivity contribution < 1.29 is 9.31 Å². The number of hydrogen-bond acceptors (Lipinski definition) is 5. The van der Waals surface area contributed by atoms with Gasteiger partial charge in [0, 0.05) is 12.3 Å². The second-order valence-corrected chi connectivity index (χ2v) is 4.57. The molecule has 0 saturated heterocycles. The monoisotopic (exact) mass is 300 g/mol. The third-order valence-corrected chi connectivity index (χ3v) is 3.20. The van der Waals surface area contributed by atoms with E-state index < -0.39 is 22.0 Å². The molecule has 0 spiro atoms. The Morgan fingerprint density at radius 1 is 1.32 bits per heavy atom. The Hall–Kier alpha value is -3.16. The van der Waals surface area contributed by atoms with Crippen molar-refractivity contribution in [3.63, 3.8) is 0 Å². The number of hydrogen-bond donors (Lipinski definition) is 0. The van der Waals surface area contributed by atoms with E-state index in [2.05, 4.69) is 9.97 Å². The van der Waals surface area contributed by atoms with Gasteiger partial charge in [-0.15, -0.1) is 0 Å². The standard InChI is InChI=1S/C14H9FN4O3/c1-8-17-13-10(3-2-6-16-13)14(20)18(8)9-4-5-11(15)12(7-9)19(21)22/h2-7H,1H3. The number of rotatable bonds is 2. The van der Waals surface area contributed by atoms with Crippen LogP contribution in [0.15, 0.2) is 41.3 Å². The summed E-state index contributed by atoms with van der Waals surface area (Å²) in [6.45, 7) is 1.57. The van der Waals surface area contributed by atoms with Gasteiger partial charge in [0.15, 0.2) is 5.65 Å². The Labute approximate surface area is 122 Å². The van der Waals surface area contributed by atoms with Crippen molar-refractivity contribution in [2.75, 3.05) is 0 Å². The zero-order chi connectivity index (χ0) is 15.9. The van der Waals surface area contributed by atoms with E-state index in [0.717, 1.165) is 12.1 Å². The molecule has 0 N–H and O–H groups in total. The predicted molar refractivity (Wildman–Crippen MR) is 76.5 cm³/mol. The Kier molecular flexibility index (Phi) is 3.13. The molecule has 0 amide bonds. The van der Waals surface area contributed by atoms with E-state index in [-0.39, 0.29) is 16.7 Å². The molecule has 0 saturated carbocycles. The van der Waals surface area contributed by atoms with Gasteiger partial charge in [0.25, 0.3) is 5.56 Å². The number of aromatic nitrogens is 3. The highest BCUT2D eigenvalue weighted by Gasteiger charge is 2.17. The highest BCUT2D eigenvalue weighted by atomic mass is 19.1. The minimum atomic E-state index is -0.963. The Morgan fingerprint density at radius 2 is 2.09 bits per heavy atom. The molecule has 0 unspecified atom stereocenters. The lowest BCUT2D eigenvalue weighted by molar-refractivity contribution is -0.387. The van der Waals surface area contributed by atoms with Gasteiger partial charge in [0.1, 0.15) is 5.82 Å². The van der Waals surface area contributed by atoms with Crippen LogP contribution in [0.25, 0.3) is 16.7 Å². The summed E-state index contributed by atoms with van der Waals surface area (Å²) < 4.78 is 14.6. The highest BCUT2D eigenvalue weighted by molar-refractivity contribution is 5.73. The number of nitro groups is 1. The molecule has 0 aliphatic heterocycles. The van der Waals surface area contributed by atoms with Crippen LogP contribution in [0.4, 0.5) is 10.1 Å². The molecule has 3 rings (SSSR count). The van der Waals surface area contributed by atoms with Gasteiger partial charge in [0.05, 0.1) is 16.0 Å². The van der Waals surface area contributed by atoms with Gasteiger partial charge in [-0.05, 0) is 31.2 Å². The first kappa shape index (κ1) is 13.8. The molecule has 2 heterocycles. The van der Waals surface area contributed by atoms with Crippen LogP contribution in [0.3, 0.4) is 0 Å². The molecule has 110 valence electrons. The molecule has 7 nitrogen and oxygen atoms in total. The quantitative estimate of drug-likeness (QED) is 0.534. The number of pyridine rings is 1. The van der Waals surface area contributed by atoms with Crippen LogP contribution in [-0.4, -0.2) is 19.5 Å². The number of aryl methyl sites for hydroxylation is 1. The molecule has 0 fully saturated rings. The fourth-order valence-electron chi connectivity index (χ4n) is 2.21. The molecule has 0 radical (unpaired) electrons. The van der Waals surface area contributed by atoms with Gasteiger partial charge in [-0.2, -0.15) is 4.39 Å². The molecule has 1 aromatic carbocycles. The normalized spacial score (nSPS) is 10.8. The van der Waals surface area contributed by atoms with Gasteiger partial charge in [-0.1, -0.05) is 0 Å². The second-order valence-electron chi connectivity index (χ2n) is 4.57. The van der Waals surface area contributed by atoms with Crippen LogP contribution in [0, 0.1) is 22.9 Å². The van der Waals surface area contributed by atoms with Crippen LogP contribution >= 0.6 is 0 Å². The minimum Gasteiger partial charge on any atom is -0.268 e. The SMILES string of the molecule is Cc1nc2ncccc2c(=O)n1-c1ccc(F)c([N+](=O)[O-])c1. The summed E-state index contributed by atoms with van der Waals surface area (Å²) in [6.07, 6.45) is 1.52. The molecule has 0 aliphatic carbocycles. The predicted octanol–water partition coefficient (Wildman–Crippen LogP) is 2.14. The number of nitro benzene ring substituents is 1. The molecule has 0 aliphatic rings. The van der Waals surface area contributed by atoms with Crippen LogP contribution < -0.4 is 5.56 Å². The van der Waals surface area contributed by atoms with Crippen LogP contribution in [0.2, 0.25) is 0 Å². The fourth-order valence-corrected chi connectivity index (χ4v) is 2.21. The minimum absolute atomic E-state index is 0.175. The summed E-state index contributed by atoms with van der Waals surface area (Å²) in [5, 5.41) is 11.1. The topological polar surface area (TPSA) is 90.9 Å². The smallest absolute Gasteiger partial charge is 0.268 e. The molecule has 0 atom stereocenters. The summed E-state index contributed by atoms with van der Waals surface area (Å²) in [5.41, 5.74) is -0.654. The number of nitrogens with zero attached hydrogens (tertiary/aromatic N) is 4. The van der Waals surface area contributed by atoms with E-state index >= 15 is 0 Å². The second kappa shape index (κ2) is 4.99. The molecular formula is C14H9FN4O3. The maximum absolute atomic E-state index is 13.4. The van der Waals surface area contributed by atoms with Crippen molar-refractivity contribution in [3.05, 3.63) is 68.6 Å². The first-order valence-corrected chi connectivity index (χ1v) is 6.28. The summed E-state index contributed by atoms with van der Waals surface area (Å²) in [7, 11) is 0. The van der Waals surface area contributed by atoms with E-state index in [0.29, 0.717) is 5.82 Å². The molecule has 3 aromatic rings. The zero-order valence-electron chi connectivity index (χ0n) is 11.4. The van der Waals surface area contributed by atoms with Crippen molar-refractivity contribution in [1.29, 1.82) is 0 Å². The van der Waals surface area contributed by atoms with Gasteiger partial charge in [-0.25, -0.2) is 9.97 Å². The Balaban J connectivity index is 2.33. The molecule has 22 heavy (non-hydrogen) atoms. The van der Waals surface area contributed by atoms with Crippen LogP contribution in [0.1, 0.15) is 5.82 Å². The summed E-state index contributed by atoms with van der Waals surface area (Å²) >= 11 is 0. The number of halogens is 1. The van der Waals surface area contributed by atoms with Gasteiger partial charge < -0.3 is 0 Å². The molecule has 8 heteroatoms. The Morgan fingerprint density at radius 3 is 2.82 bits per heavy atom. The molecule has 0 bridgehead atoms. The van der Waals surface area contributed by atoms with Crippen molar-refractivity contribution in [1.82, 2.24) is 14.5 Å². The van der Waals surface area contributed by atoms with Crippen molar-refractivity contribution in [2.24, 2.45) is 0 Å². The van der Waals surface area contributed by atoms with Gasteiger partial charge >= 0.3 is 5.69 Å². The number of benzene rings is 1. The third-order valence-electron chi connectivity index (χ3n) is 3.20. The first-order chi connectivity index (χ1) is 10.5.